The summed E-state index contributed by atoms with van der Waals surface area (Å²) in [6, 6.07) is 10.9. The second kappa shape index (κ2) is 14.5. The summed E-state index contributed by atoms with van der Waals surface area (Å²) >= 11 is 3.28. The average molecular weight is 543 g/mol. The molecule has 0 radical (unpaired) electrons. The molecule has 37 heavy (non-hydrogen) atoms. The zero-order valence-corrected chi connectivity index (χ0v) is 24.7. The van der Waals surface area contributed by atoms with Gasteiger partial charge in [0, 0.05) is 30.8 Å². The average Bonchev–Trinajstić information content (AvgIpc) is 2.87. The lowest BCUT2D eigenvalue weighted by Crippen LogP contribution is -2.52. The summed E-state index contributed by atoms with van der Waals surface area (Å²) in [5.41, 5.74) is 16.7. The molecular formula is C28H42N6OS2. The molecule has 0 saturated carbocycles. The smallest absolute Gasteiger partial charge is 0.239 e. The maximum Gasteiger partial charge on any atom is 0.239 e. The highest BCUT2D eigenvalue weighted by molar-refractivity contribution is 7.99. The van der Waals surface area contributed by atoms with Gasteiger partial charge in [0.2, 0.25) is 5.91 Å². The van der Waals surface area contributed by atoms with Gasteiger partial charge in [-0.2, -0.15) is 5.26 Å². The van der Waals surface area contributed by atoms with Gasteiger partial charge in [-0.15, -0.1) is 0 Å². The summed E-state index contributed by atoms with van der Waals surface area (Å²) in [4.78, 5) is 17.3. The van der Waals surface area contributed by atoms with Crippen molar-refractivity contribution in [2.24, 2.45) is 5.73 Å². The number of nitrogens with one attached hydrogen (secondary N) is 1. The van der Waals surface area contributed by atoms with Crippen molar-refractivity contribution in [1.82, 2.24) is 10.3 Å². The van der Waals surface area contributed by atoms with Gasteiger partial charge in [-0.1, -0.05) is 56.1 Å². The van der Waals surface area contributed by atoms with Crippen LogP contribution in [0.2, 0.25) is 0 Å². The molecule has 0 aliphatic heterocycles. The largest absolute Gasteiger partial charge is 0.396 e. The maximum absolute atomic E-state index is 12.4. The molecule has 0 bridgehead atoms. The molecule has 202 valence electrons. The van der Waals surface area contributed by atoms with E-state index in [9.17, 15) is 10.1 Å². The van der Waals surface area contributed by atoms with Gasteiger partial charge in [0.15, 0.2) is 0 Å². The van der Waals surface area contributed by atoms with E-state index in [2.05, 4.69) is 46.9 Å². The summed E-state index contributed by atoms with van der Waals surface area (Å²) < 4.78 is 2.12. The van der Waals surface area contributed by atoms with Crippen molar-refractivity contribution in [3.63, 3.8) is 0 Å². The van der Waals surface area contributed by atoms with E-state index in [0.29, 0.717) is 24.1 Å². The first-order valence-corrected chi connectivity index (χ1v) is 15.0. The Hall–Kier alpha value is -2.41. The van der Waals surface area contributed by atoms with Gasteiger partial charge in [0.25, 0.3) is 0 Å². The second-order valence-corrected chi connectivity index (χ2v) is 11.7. The van der Waals surface area contributed by atoms with Crippen LogP contribution < -0.4 is 21.1 Å². The summed E-state index contributed by atoms with van der Waals surface area (Å²) in [5.74, 6) is 0.600. The van der Waals surface area contributed by atoms with Crippen LogP contribution in [0.15, 0.2) is 29.3 Å². The molecule has 1 atom stereocenters. The Morgan fingerprint density at radius 3 is 2.46 bits per heavy atom. The number of thioether (sulfide) groups is 1. The van der Waals surface area contributed by atoms with Gasteiger partial charge in [-0.05, 0) is 69.2 Å². The minimum atomic E-state index is -0.911. The first kappa shape index (κ1) is 30.8. The van der Waals surface area contributed by atoms with Crippen LogP contribution in [0.1, 0.15) is 75.8 Å². The number of nitrogens with zero attached hydrogens (tertiary/aromatic N) is 3. The summed E-state index contributed by atoms with van der Waals surface area (Å²) in [5, 5.41) is 13.8. The Balaban J connectivity index is 2.17. The van der Waals surface area contributed by atoms with Crippen LogP contribution in [0.4, 0.5) is 11.4 Å². The van der Waals surface area contributed by atoms with E-state index in [1.807, 2.05) is 20.2 Å². The Bertz CT molecular complexity index is 1080. The molecule has 0 aliphatic rings. The molecular weight excluding hydrogens is 500 g/mol. The van der Waals surface area contributed by atoms with Gasteiger partial charge in [0.05, 0.1) is 22.5 Å². The lowest BCUT2D eigenvalue weighted by Gasteiger charge is -2.24. The number of carbonyl (C=O) groups excluding carboxylic acids is 1. The van der Waals surface area contributed by atoms with Gasteiger partial charge in [0.1, 0.15) is 11.1 Å². The summed E-state index contributed by atoms with van der Waals surface area (Å²) in [7, 11) is 2.04. The van der Waals surface area contributed by atoms with E-state index in [1.165, 1.54) is 5.56 Å². The monoisotopic (exact) mass is 542 g/mol. The topological polar surface area (TPSA) is 121 Å². The number of rotatable bonds is 14. The third-order valence-electron chi connectivity index (χ3n) is 6.32. The summed E-state index contributed by atoms with van der Waals surface area (Å²) in [6.45, 7) is 7.55. The van der Waals surface area contributed by atoms with Crippen LogP contribution in [0.3, 0.4) is 0 Å². The Labute approximate surface area is 231 Å². The van der Waals surface area contributed by atoms with E-state index >= 15 is 0 Å². The van der Waals surface area contributed by atoms with Crippen molar-refractivity contribution < 1.29 is 4.79 Å². The standard InChI is InChI=1S/C28H42N6OS2/c1-7-10-20(32-27(35)28(3,4)31)11-9-12-24-23(17-29)22(8-2)25(30)26(33-24)37-18-19-13-15-21(16-14-19)34(5)36-6/h13-16,20H,7-12,18,30-31H2,1-6H3,(H,32,35). The Kier molecular flexibility index (Phi) is 12.1. The predicted molar refractivity (Wildman–Crippen MR) is 159 cm³/mol. The number of nitrogen functional groups attached to an aromatic ring is 1. The molecule has 1 amide bonds. The molecule has 5 N–H and O–H groups in total. The van der Waals surface area contributed by atoms with Crippen LogP contribution in [-0.4, -0.2) is 35.8 Å². The van der Waals surface area contributed by atoms with Crippen molar-refractivity contribution in [2.45, 2.75) is 88.6 Å². The number of hydrogen-bond donors (Lipinski definition) is 3. The van der Waals surface area contributed by atoms with E-state index in [0.717, 1.165) is 53.4 Å². The number of nitriles is 1. The number of benzene rings is 1. The zero-order chi connectivity index (χ0) is 27.6. The lowest BCUT2D eigenvalue weighted by molar-refractivity contribution is -0.126. The number of aromatic nitrogens is 1. The van der Waals surface area contributed by atoms with Crippen LogP contribution in [0.25, 0.3) is 0 Å². The Morgan fingerprint density at radius 1 is 1.24 bits per heavy atom. The molecule has 9 heteroatoms. The first-order valence-electron chi connectivity index (χ1n) is 12.9. The minimum Gasteiger partial charge on any atom is -0.396 e. The molecule has 1 aromatic heterocycles. The highest BCUT2D eigenvalue weighted by atomic mass is 32.2. The van der Waals surface area contributed by atoms with E-state index < -0.39 is 5.54 Å². The van der Waals surface area contributed by atoms with Crippen molar-refractivity contribution in [3.05, 3.63) is 46.6 Å². The third-order valence-corrected chi connectivity index (χ3v) is 8.14. The van der Waals surface area contributed by atoms with E-state index in [4.69, 9.17) is 16.5 Å². The Morgan fingerprint density at radius 2 is 1.92 bits per heavy atom. The van der Waals surface area contributed by atoms with Crippen LogP contribution in [-0.2, 0) is 23.4 Å². The molecule has 0 aliphatic carbocycles. The molecule has 1 heterocycles. The molecule has 7 nitrogen and oxygen atoms in total. The first-order chi connectivity index (χ1) is 17.5. The zero-order valence-electron chi connectivity index (χ0n) is 23.1. The number of carbonyl (C=O) groups is 1. The molecule has 0 saturated heterocycles. The maximum atomic E-state index is 12.4. The van der Waals surface area contributed by atoms with E-state index in [1.54, 1.807) is 37.6 Å². The van der Waals surface area contributed by atoms with Gasteiger partial charge >= 0.3 is 0 Å². The lowest BCUT2D eigenvalue weighted by atomic mass is 9.97. The fourth-order valence-corrected chi connectivity index (χ4v) is 5.33. The molecule has 0 spiro atoms. The van der Waals surface area contributed by atoms with Crippen molar-refractivity contribution in [2.75, 3.05) is 23.3 Å². The van der Waals surface area contributed by atoms with Crippen molar-refractivity contribution in [3.8, 4) is 6.07 Å². The van der Waals surface area contributed by atoms with Crippen molar-refractivity contribution in [1.29, 1.82) is 5.26 Å². The summed E-state index contributed by atoms with van der Waals surface area (Å²) in [6.07, 6.45) is 6.83. The molecule has 2 rings (SSSR count). The number of amides is 1. The number of pyridine rings is 1. The molecule has 1 unspecified atom stereocenters. The second-order valence-electron chi connectivity index (χ2n) is 9.80. The van der Waals surface area contributed by atoms with Crippen LogP contribution in [0.5, 0.6) is 0 Å². The van der Waals surface area contributed by atoms with Gasteiger partial charge in [-0.25, -0.2) is 4.98 Å². The van der Waals surface area contributed by atoms with Crippen molar-refractivity contribution >= 4 is 41.0 Å². The fourth-order valence-electron chi connectivity index (χ4n) is 4.05. The SMILES string of the molecule is CCCC(CCCc1nc(SCc2ccc(N(C)SC)cc2)c(N)c(CC)c1C#N)NC(=O)C(C)(C)N. The predicted octanol–water partition coefficient (Wildman–Crippen LogP) is 5.45. The minimum absolute atomic E-state index is 0.0484. The highest BCUT2D eigenvalue weighted by Crippen LogP contribution is 2.33. The molecule has 0 fully saturated rings. The number of hydrogen-bond acceptors (Lipinski definition) is 8. The third kappa shape index (κ3) is 8.84. The van der Waals surface area contributed by atoms with Crippen LogP contribution >= 0.6 is 23.7 Å². The number of nitrogens with two attached hydrogens (primary N) is 2. The quantitative estimate of drug-likeness (QED) is 0.213. The number of anilines is 2. The normalized spacial score (nSPS) is 12.2. The number of aryl methyl sites for hydroxylation is 1. The van der Waals surface area contributed by atoms with E-state index in [-0.39, 0.29) is 11.9 Å². The molecule has 2 aromatic rings. The highest BCUT2D eigenvalue weighted by Gasteiger charge is 2.24. The fraction of sp³-hybridized carbons (Fsp3) is 0.536. The van der Waals surface area contributed by atoms with Gasteiger partial charge < -0.3 is 21.1 Å². The van der Waals surface area contributed by atoms with Crippen LogP contribution in [0, 0.1) is 11.3 Å². The molecule has 1 aromatic carbocycles. The van der Waals surface area contributed by atoms with Gasteiger partial charge in [-0.3, -0.25) is 4.79 Å².